The first-order valence-corrected chi connectivity index (χ1v) is 8.48. The van der Waals surface area contributed by atoms with Crippen LogP contribution in [-0.4, -0.2) is 28.7 Å². The van der Waals surface area contributed by atoms with Crippen LogP contribution in [-0.2, 0) is 17.6 Å². The first kappa shape index (κ1) is 16.8. The van der Waals surface area contributed by atoms with Crippen molar-refractivity contribution in [2.75, 3.05) is 13.1 Å². The molecule has 2 aliphatic rings. The molecular weight excluding hydrogens is 373 g/mol. The summed E-state index contributed by atoms with van der Waals surface area (Å²) < 4.78 is 39.2. The van der Waals surface area contributed by atoms with E-state index < -0.39 is 11.7 Å². The van der Waals surface area contributed by atoms with Crippen molar-refractivity contribution < 1.29 is 18.0 Å². The third kappa shape index (κ3) is 4.26. The van der Waals surface area contributed by atoms with Crippen LogP contribution < -0.4 is 0 Å². The molecule has 1 aromatic rings. The van der Waals surface area contributed by atoms with Crippen LogP contribution in [0.1, 0.15) is 30.4 Å². The Labute approximate surface area is 141 Å². The van der Waals surface area contributed by atoms with E-state index in [0.717, 1.165) is 43.0 Å². The maximum absolute atomic E-state index is 12.8. The maximum atomic E-state index is 12.8. The van der Waals surface area contributed by atoms with Gasteiger partial charge in [-0.15, -0.1) is 0 Å². The average molecular weight is 391 g/mol. The minimum Gasteiger partial charge on any atom is -0.391 e. The van der Waals surface area contributed by atoms with E-state index in [1.165, 1.54) is 12.1 Å². The van der Waals surface area contributed by atoms with Crippen molar-refractivity contribution in [3.05, 3.63) is 35.4 Å². The summed E-state index contributed by atoms with van der Waals surface area (Å²) >= 11 is 3.35. The number of oxime groups is 1. The van der Waals surface area contributed by atoms with Crippen LogP contribution in [0.5, 0.6) is 0 Å². The number of benzene rings is 1. The highest BCUT2D eigenvalue weighted by Gasteiger charge is 2.33. The third-order valence-electron chi connectivity index (χ3n) is 4.39. The van der Waals surface area contributed by atoms with Crippen molar-refractivity contribution in [2.45, 2.75) is 38.1 Å². The normalized spacial score (nSPS) is 26.0. The maximum Gasteiger partial charge on any atom is 0.416 e. The minimum absolute atomic E-state index is 0.0775. The number of piperidine rings is 1. The fourth-order valence-electron chi connectivity index (χ4n) is 3.26. The molecule has 1 saturated heterocycles. The molecule has 0 N–H and O–H groups in total. The van der Waals surface area contributed by atoms with E-state index in [1.807, 2.05) is 0 Å². The Morgan fingerprint density at radius 2 is 2.17 bits per heavy atom. The van der Waals surface area contributed by atoms with Gasteiger partial charge in [0.15, 0.2) is 0 Å². The fourth-order valence-corrected chi connectivity index (χ4v) is 3.66. The molecule has 1 fully saturated rings. The van der Waals surface area contributed by atoms with Crippen LogP contribution in [0, 0.1) is 5.92 Å². The summed E-state index contributed by atoms with van der Waals surface area (Å²) in [6.45, 7) is 2.27. The fraction of sp³-hybridized carbons (Fsp3) is 0.562. The minimum atomic E-state index is -4.29. The van der Waals surface area contributed by atoms with Crippen molar-refractivity contribution in [1.82, 2.24) is 4.90 Å². The molecule has 0 radical (unpaired) electrons. The van der Waals surface area contributed by atoms with E-state index in [1.54, 1.807) is 6.07 Å². The van der Waals surface area contributed by atoms with Gasteiger partial charge in [-0.05, 0) is 46.9 Å². The van der Waals surface area contributed by atoms with Gasteiger partial charge in [0.25, 0.3) is 0 Å². The van der Waals surface area contributed by atoms with Crippen molar-refractivity contribution in [2.24, 2.45) is 11.1 Å². The molecular formula is C16H18BrF3N2O. The number of rotatable bonds is 3. The van der Waals surface area contributed by atoms with Crippen LogP contribution in [0.25, 0.3) is 0 Å². The molecule has 1 aromatic carbocycles. The topological polar surface area (TPSA) is 24.8 Å². The molecule has 23 heavy (non-hydrogen) atoms. The number of hydrogen-bond donors (Lipinski definition) is 0. The number of hydrogen-bond acceptors (Lipinski definition) is 3. The lowest BCUT2D eigenvalue weighted by molar-refractivity contribution is -0.137. The molecule has 7 heteroatoms. The second-order valence-corrected chi connectivity index (χ2v) is 7.07. The van der Waals surface area contributed by atoms with Gasteiger partial charge < -0.3 is 4.84 Å². The highest BCUT2D eigenvalue weighted by molar-refractivity contribution is 9.18. The van der Waals surface area contributed by atoms with Crippen LogP contribution in [0.4, 0.5) is 13.2 Å². The van der Waals surface area contributed by atoms with Gasteiger partial charge >= 0.3 is 6.18 Å². The van der Waals surface area contributed by atoms with Gasteiger partial charge in [-0.25, -0.2) is 0 Å². The van der Waals surface area contributed by atoms with Crippen LogP contribution in [0.2, 0.25) is 0 Å². The molecule has 0 spiro atoms. The van der Waals surface area contributed by atoms with Crippen molar-refractivity contribution >= 4 is 20.6 Å². The average Bonchev–Trinajstić information content (AvgIpc) is 2.94. The smallest absolute Gasteiger partial charge is 0.391 e. The van der Waals surface area contributed by atoms with E-state index in [-0.39, 0.29) is 6.10 Å². The highest BCUT2D eigenvalue weighted by Crippen LogP contribution is 2.31. The third-order valence-corrected chi connectivity index (χ3v) is 4.85. The predicted octanol–water partition coefficient (Wildman–Crippen LogP) is 4.41. The lowest BCUT2D eigenvalue weighted by Crippen LogP contribution is -2.40. The molecule has 2 atom stereocenters. The Hall–Kier alpha value is -1.08. The van der Waals surface area contributed by atoms with Gasteiger partial charge in [-0.3, -0.25) is 4.90 Å². The number of likely N-dealkylation sites (tertiary alicyclic amines) is 1. The quantitative estimate of drug-likeness (QED) is 0.763. The lowest BCUT2D eigenvalue weighted by Gasteiger charge is -2.34. The first-order chi connectivity index (χ1) is 10.9. The summed E-state index contributed by atoms with van der Waals surface area (Å²) in [6, 6.07) is 5.59. The molecule has 126 valence electrons. The summed E-state index contributed by atoms with van der Waals surface area (Å²) in [5.41, 5.74) is 0.116. The van der Waals surface area contributed by atoms with E-state index >= 15 is 0 Å². The van der Waals surface area contributed by atoms with Gasteiger partial charge in [-0.1, -0.05) is 23.4 Å². The van der Waals surface area contributed by atoms with E-state index in [2.05, 4.69) is 26.0 Å². The molecule has 0 unspecified atom stereocenters. The van der Waals surface area contributed by atoms with Gasteiger partial charge in [-0.2, -0.15) is 13.2 Å². The Balaban J connectivity index is 1.62. The summed E-state index contributed by atoms with van der Waals surface area (Å²) in [4.78, 5) is 7.64. The molecule has 0 aromatic heterocycles. The zero-order valence-corrected chi connectivity index (χ0v) is 14.1. The number of nitrogens with zero attached hydrogens (tertiary/aromatic N) is 2. The van der Waals surface area contributed by atoms with Gasteiger partial charge in [0.1, 0.15) is 10.7 Å². The second kappa shape index (κ2) is 6.81. The van der Waals surface area contributed by atoms with Crippen molar-refractivity contribution in [3.63, 3.8) is 0 Å². The summed E-state index contributed by atoms with van der Waals surface area (Å²) in [5, 5.41) is 3.93. The Kier molecular flexibility index (Phi) is 4.96. The standard InChI is InChI=1S/C16H18BrF3N2O/c17-15-8-14(23-21-15)12-4-2-6-22(10-12)9-11-3-1-5-13(7-11)16(18,19)20/h1,3,5,7,12,14H,2,4,6,8-10H2/t12-,14+/m1/s1. The van der Waals surface area contributed by atoms with Crippen LogP contribution >= 0.6 is 15.9 Å². The van der Waals surface area contributed by atoms with Gasteiger partial charge in [0.05, 0.1) is 5.56 Å². The Bertz CT molecular complexity index is 591. The largest absolute Gasteiger partial charge is 0.416 e. The zero-order chi connectivity index (χ0) is 16.4. The molecule has 0 amide bonds. The van der Waals surface area contributed by atoms with E-state index in [9.17, 15) is 13.2 Å². The Morgan fingerprint density at radius 1 is 1.35 bits per heavy atom. The molecule has 0 aliphatic carbocycles. The van der Waals surface area contributed by atoms with Crippen LogP contribution in [0.3, 0.4) is 0 Å². The number of halogens is 4. The van der Waals surface area contributed by atoms with Gasteiger partial charge in [0.2, 0.25) is 0 Å². The molecule has 2 heterocycles. The van der Waals surface area contributed by atoms with E-state index in [4.69, 9.17) is 4.84 Å². The summed E-state index contributed by atoms with van der Waals surface area (Å²) in [6.07, 6.45) is -1.33. The second-order valence-electron chi connectivity index (χ2n) is 6.15. The molecule has 3 nitrogen and oxygen atoms in total. The predicted molar refractivity (Wildman–Crippen MR) is 85.3 cm³/mol. The summed E-state index contributed by atoms with van der Waals surface area (Å²) in [5.74, 6) is 0.369. The lowest BCUT2D eigenvalue weighted by atomic mass is 9.91. The zero-order valence-electron chi connectivity index (χ0n) is 12.5. The van der Waals surface area contributed by atoms with E-state index in [0.29, 0.717) is 18.0 Å². The first-order valence-electron chi connectivity index (χ1n) is 7.68. The van der Waals surface area contributed by atoms with Crippen molar-refractivity contribution in [1.29, 1.82) is 0 Å². The molecule has 3 rings (SSSR count). The highest BCUT2D eigenvalue weighted by atomic mass is 79.9. The van der Waals surface area contributed by atoms with Gasteiger partial charge in [0, 0.05) is 25.4 Å². The molecule has 2 aliphatic heterocycles. The molecule has 0 bridgehead atoms. The SMILES string of the molecule is FC(F)(F)c1cccc(CN2CCC[C@@H]([C@@H]3CC(Br)=NO3)C2)c1. The molecule has 0 saturated carbocycles. The Morgan fingerprint density at radius 3 is 2.87 bits per heavy atom. The number of alkyl halides is 3. The van der Waals surface area contributed by atoms with Crippen LogP contribution in [0.15, 0.2) is 29.4 Å². The van der Waals surface area contributed by atoms with Crippen molar-refractivity contribution in [3.8, 4) is 0 Å². The summed E-state index contributed by atoms with van der Waals surface area (Å²) in [7, 11) is 0. The monoisotopic (exact) mass is 390 g/mol.